The van der Waals surface area contributed by atoms with Crippen molar-refractivity contribution in [1.29, 1.82) is 0 Å². The third kappa shape index (κ3) is 5.42. The molecule has 0 amide bonds. The van der Waals surface area contributed by atoms with E-state index in [4.69, 9.17) is 0 Å². The fourth-order valence-corrected chi connectivity index (χ4v) is 10.3. The van der Waals surface area contributed by atoms with E-state index < -0.39 is 0 Å². The molecule has 0 unspecified atom stereocenters. The second-order valence-corrected chi connectivity index (χ2v) is 16.4. The van der Waals surface area contributed by atoms with Gasteiger partial charge in [0, 0.05) is 33.6 Å². The predicted octanol–water partition coefficient (Wildman–Crippen LogP) is 14.7. The highest BCUT2D eigenvalue weighted by molar-refractivity contribution is 6.09. The molecule has 2 aliphatic carbocycles. The van der Waals surface area contributed by atoms with E-state index in [1.54, 1.807) is 0 Å². The standard InChI is InChI=1S/C55H44N2/c1-36-20-21-39(38-13-12-14-42(32-38)52-17-8-11-30-56-52)33-49(36)41-23-26-46-45-25-22-40(34-50(45)55(51(46)35-41)28-9-3-10-29-55)44-27-24-43(31-37(44)2)57-53-18-6-4-15-47(53)48-16-5-7-19-54(48)57/h4-8,11-27,30-35H,3,9-10,28-29H2,1-2H3. The molecule has 9 aromatic rings. The van der Waals surface area contributed by atoms with E-state index in [2.05, 4.69) is 181 Å². The van der Waals surface area contributed by atoms with Crippen LogP contribution in [0.25, 0.3) is 83.3 Å². The normalized spacial score (nSPS) is 14.3. The average Bonchev–Trinajstić information content (AvgIpc) is 3.73. The van der Waals surface area contributed by atoms with Crippen LogP contribution in [-0.2, 0) is 5.41 Å². The van der Waals surface area contributed by atoms with Crippen molar-refractivity contribution in [2.75, 3.05) is 0 Å². The van der Waals surface area contributed by atoms with Gasteiger partial charge in [-0.05, 0) is 154 Å². The van der Waals surface area contributed by atoms with Crippen molar-refractivity contribution >= 4 is 21.8 Å². The molecule has 274 valence electrons. The van der Waals surface area contributed by atoms with Crippen LogP contribution in [0.15, 0.2) is 170 Å². The molecule has 0 bridgehead atoms. The lowest BCUT2D eigenvalue weighted by Crippen LogP contribution is -2.28. The zero-order valence-electron chi connectivity index (χ0n) is 32.6. The van der Waals surface area contributed by atoms with Gasteiger partial charge in [0.05, 0.1) is 16.7 Å². The molecule has 7 aromatic carbocycles. The Hall–Kier alpha value is -6.51. The highest BCUT2D eigenvalue weighted by Crippen LogP contribution is 2.57. The first-order valence-corrected chi connectivity index (χ1v) is 20.6. The van der Waals surface area contributed by atoms with Gasteiger partial charge in [0.1, 0.15) is 0 Å². The molecular formula is C55H44N2. The van der Waals surface area contributed by atoms with E-state index in [1.165, 1.54) is 126 Å². The third-order valence-electron chi connectivity index (χ3n) is 13.1. The summed E-state index contributed by atoms with van der Waals surface area (Å²) < 4.78 is 2.42. The molecule has 0 atom stereocenters. The van der Waals surface area contributed by atoms with Gasteiger partial charge in [-0.15, -0.1) is 0 Å². The first-order chi connectivity index (χ1) is 28.1. The molecule has 2 aromatic heterocycles. The van der Waals surface area contributed by atoms with Gasteiger partial charge in [0.25, 0.3) is 0 Å². The quantitative estimate of drug-likeness (QED) is 0.172. The van der Waals surface area contributed by atoms with Gasteiger partial charge in [-0.1, -0.05) is 122 Å². The first-order valence-electron chi connectivity index (χ1n) is 20.6. The highest BCUT2D eigenvalue weighted by Gasteiger charge is 2.44. The summed E-state index contributed by atoms with van der Waals surface area (Å²) in [6, 6.07) is 61.1. The number of nitrogens with zero attached hydrogens (tertiary/aromatic N) is 2. The van der Waals surface area contributed by atoms with Crippen LogP contribution < -0.4 is 0 Å². The Morgan fingerprint density at radius 1 is 0.439 bits per heavy atom. The monoisotopic (exact) mass is 732 g/mol. The smallest absolute Gasteiger partial charge is 0.0702 e. The lowest BCUT2D eigenvalue weighted by atomic mass is 9.67. The minimum atomic E-state index is 0.0360. The lowest BCUT2D eigenvalue weighted by Gasteiger charge is -2.36. The lowest BCUT2D eigenvalue weighted by molar-refractivity contribution is 0.353. The van der Waals surface area contributed by atoms with E-state index in [9.17, 15) is 0 Å². The van der Waals surface area contributed by atoms with Crippen LogP contribution in [0.2, 0.25) is 0 Å². The molecule has 2 nitrogen and oxygen atoms in total. The van der Waals surface area contributed by atoms with Crippen molar-refractivity contribution in [3.8, 4) is 61.5 Å². The molecule has 2 heteroatoms. The number of benzene rings is 7. The van der Waals surface area contributed by atoms with Crippen LogP contribution in [0.4, 0.5) is 0 Å². The fraction of sp³-hybridized carbons (Fsp3) is 0.145. The third-order valence-corrected chi connectivity index (χ3v) is 13.1. The van der Waals surface area contributed by atoms with Crippen molar-refractivity contribution in [3.63, 3.8) is 0 Å². The van der Waals surface area contributed by atoms with Crippen molar-refractivity contribution in [2.45, 2.75) is 51.4 Å². The number of rotatable bonds is 5. The minimum absolute atomic E-state index is 0.0360. The molecule has 2 heterocycles. The fourth-order valence-electron chi connectivity index (χ4n) is 10.3. The zero-order chi connectivity index (χ0) is 38.1. The maximum Gasteiger partial charge on any atom is 0.0702 e. The van der Waals surface area contributed by atoms with Crippen LogP contribution in [0.1, 0.15) is 54.4 Å². The summed E-state index contributed by atoms with van der Waals surface area (Å²) >= 11 is 0. The molecule has 1 saturated carbocycles. The largest absolute Gasteiger partial charge is 0.309 e. The van der Waals surface area contributed by atoms with Crippen LogP contribution in [-0.4, -0.2) is 9.55 Å². The summed E-state index contributed by atoms with van der Waals surface area (Å²) in [5, 5.41) is 2.59. The molecule has 0 aliphatic heterocycles. The van der Waals surface area contributed by atoms with E-state index in [-0.39, 0.29) is 5.41 Å². The molecule has 0 radical (unpaired) electrons. The average molecular weight is 733 g/mol. The van der Waals surface area contributed by atoms with Crippen molar-refractivity contribution in [1.82, 2.24) is 9.55 Å². The van der Waals surface area contributed by atoms with Crippen molar-refractivity contribution < 1.29 is 0 Å². The maximum atomic E-state index is 4.61. The Kier molecular flexibility index (Phi) is 7.89. The maximum absolute atomic E-state index is 4.61. The Balaban J connectivity index is 0.977. The summed E-state index contributed by atoms with van der Waals surface area (Å²) in [6.45, 7) is 4.53. The van der Waals surface area contributed by atoms with Crippen LogP contribution in [0.3, 0.4) is 0 Å². The number of pyridine rings is 1. The zero-order valence-corrected chi connectivity index (χ0v) is 32.6. The predicted molar refractivity (Wildman–Crippen MR) is 239 cm³/mol. The van der Waals surface area contributed by atoms with Crippen LogP contribution in [0, 0.1) is 13.8 Å². The molecular weight excluding hydrogens is 689 g/mol. The number of hydrogen-bond donors (Lipinski definition) is 0. The summed E-state index contributed by atoms with van der Waals surface area (Å²) in [6.07, 6.45) is 8.11. The number of fused-ring (bicyclic) bond motifs is 8. The SMILES string of the molecule is Cc1cc(-n2c3ccccc3c3ccccc32)ccc1-c1ccc2c(c1)C1(CCCCC1)c1cc(-c3cc(-c4cccc(-c5ccccn5)c4)ccc3C)ccc1-2. The van der Waals surface area contributed by atoms with E-state index in [0.717, 1.165) is 11.3 Å². The van der Waals surface area contributed by atoms with Crippen LogP contribution in [0.5, 0.6) is 0 Å². The molecule has 0 saturated heterocycles. The van der Waals surface area contributed by atoms with Gasteiger partial charge in [-0.3, -0.25) is 4.98 Å². The molecule has 11 rings (SSSR count). The molecule has 1 spiro atoms. The van der Waals surface area contributed by atoms with E-state index >= 15 is 0 Å². The van der Waals surface area contributed by atoms with Gasteiger partial charge in [-0.2, -0.15) is 0 Å². The number of aromatic nitrogens is 2. The molecule has 2 aliphatic rings. The van der Waals surface area contributed by atoms with E-state index in [0.29, 0.717) is 0 Å². The Bertz CT molecular complexity index is 2960. The Morgan fingerprint density at radius 2 is 1.05 bits per heavy atom. The second kappa shape index (κ2) is 13.3. The summed E-state index contributed by atoms with van der Waals surface area (Å²) in [4.78, 5) is 4.61. The highest BCUT2D eigenvalue weighted by atomic mass is 15.0. The topological polar surface area (TPSA) is 17.8 Å². The first kappa shape index (κ1) is 33.8. The van der Waals surface area contributed by atoms with E-state index in [1.807, 2.05) is 12.3 Å². The van der Waals surface area contributed by atoms with Gasteiger partial charge in [0.15, 0.2) is 0 Å². The number of para-hydroxylation sites is 2. The van der Waals surface area contributed by atoms with Gasteiger partial charge in [-0.25, -0.2) is 0 Å². The van der Waals surface area contributed by atoms with Gasteiger partial charge in [0.2, 0.25) is 0 Å². The number of hydrogen-bond acceptors (Lipinski definition) is 1. The van der Waals surface area contributed by atoms with Gasteiger partial charge < -0.3 is 4.57 Å². The molecule has 0 N–H and O–H groups in total. The molecule has 57 heavy (non-hydrogen) atoms. The minimum Gasteiger partial charge on any atom is -0.309 e. The Labute approximate surface area is 335 Å². The Morgan fingerprint density at radius 3 is 1.74 bits per heavy atom. The summed E-state index contributed by atoms with van der Waals surface area (Å²) in [5.41, 5.74) is 22.0. The van der Waals surface area contributed by atoms with Crippen LogP contribution >= 0.6 is 0 Å². The second-order valence-electron chi connectivity index (χ2n) is 16.4. The number of aryl methyl sites for hydroxylation is 2. The van der Waals surface area contributed by atoms with Gasteiger partial charge >= 0.3 is 0 Å². The van der Waals surface area contributed by atoms with Crippen molar-refractivity contribution in [3.05, 3.63) is 192 Å². The van der Waals surface area contributed by atoms with Crippen molar-refractivity contribution in [2.24, 2.45) is 0 Å². The summed E-state index contributed by atoms with van der Waals surface area (Å²) in [7, 11) is 0. The molecule has 1 fully saturated rings. The summed E-state index contributed by atoms with van der Waals surface area (Å²) in [5.74, 6) is 0.